The molecule has 2 aromatic rings. The van der Waals surface area contributed by atoms with E-state index in [1.807, 2.05) is 0 Å². The number of benzene rings is 2. The Labute approximate surface area is 212 Å². The van der Waals surface area contributed by atoms with E-state index in [0.717, 1.165) is 39.3 Å². The minimum absolute atomic E-state index is 0.312. The third-order valence-corrected chi connectivity index (χ3v) is 7.67. The molecule has 0 N–H and O–H groups in total. The number of ether oxygens (including phenoxy) is 2. The normalized spacial score (nSPS) is 18.6. The van der Waals surface area contributed by atoms with Gasteiger partial charge in [0.15, 0.2) is 5.79 Å². The lowest BCUT2D eigenvalue weighted by Gasteiger charge is -2.36. The lowest BCUT2D eigenvalue weighted by atomic mass is 9.76. The van der Waals surface area contributed by atoms with E-state index < -0.39 is 0 Å². The van der Waals surface area contributed by atoms with Crippen molar-refractivity contribution in [1.82, 2.24) is 4.90 Å². The summed E-state index contributed by atoms with van der Waals surface area (Å²) >= 11 is 0. The molecule has 0 radical (unpaired) electrons. The third kappa shape index (κ3) is 8.18. The number of hydrogen-bond acceptors (Lipinski definition) is 3. The average molecular weight is 477 g/mol. The maximum Gasteiger partial charge on any atom is 0.165 e. The van der Waals surface area contributed by atoms with E-state index in [0.29, 0.717) is 11.8 Å². The fraction of sp³-hybridized carbons (Fsp3) is 0.581. The van der Waals surface area contributed by atoms with Crippen molar-refractivity contribution >= 4 is 6.34 Å². The molecule has 2 aliphatic rings. The molecule has 0 unspecified atom stereocenters. The van der Waals surface area contributed by atoms with E-state index in [4.69, 9.17) is 14.5 Å². The highest BCUT2D eigenvalue weighted by Gasteiger charge is 2.30. The lowest BCUT2D eigenvalue weighted by Crippen LogP contribution is -2.35. The molecule has 2 aromatic carbocycles. The molecule has 0 saturated carbocycles. The number of aliphatic imine (C=N–C) groups is 1. The van der Waals surface area contributed by atoms with Gasteiger partial charge in [-0.2, -0.15) is 0 Å². The molecule has 190 valence electrons. The van der Waals surface area contributed by atoms with Crippen molar-refractivity contribution in [1.29, 1.82) is 0 Å². The van der Waals surface area contributed by atoms with Crippen molar-refractivity contribution in [3.63, 3.8) is 0 Å². The molecule has 2 aliphatic heterocycles. The van der Waals surface area contributed by atoms with Crippen LogP contribution in [0.15, 0.2) is 65.7 Å². The van der Waals surface area contributed by atoms with E-state index >= 15 is 0 Å². The Morgan fingerprint density at radius 2 is 1.37 bits per heavy atom. The molecule has 2 heterocycles. The van der Waals surface area contributed by atoms with Gasteiger partial charge in [-0.15, -0.1) is 0 Å². The molecule has 0 atom stereocenters. The first-order chi connectivity index (χ1) is 17.2. The Bertz CT molecular complexity index is 817. The smallest absolute Gasteiger partial charge is 0.165 e. The van der Waals surface area contributed by atoms with Crippen molar-refractivity contribution in [2.45, 2.75) is 76.4 Å². The zero-order chi connectivity index (χ0) is 24.2. The number of piperidine rings is 1. The van der Waals surface area contributed by atoms with Crippen LogP contribution >= 0.6 is 0 Å². The molecule has 4 nitrogen and oxygen atoms in total. The predicted molar refractivity (Wildman–Crippen MR) is 145 cm³/mol. The summed E-state index contributed by atoms with van der Waals surface area (Å²) in [5, 5.41) is 0. The van der Waals surface area contributed by atoms with Crippen molar-refractivity contribution in [2.24, 2.45) is 10.9 Å². The zero-order valence-electron chi connectivity index (χ0n) is 21.6. The molecule has 0 bridgehead atoms. The van der Waals surface area contributed by atoms with Gasteiger partial charge >= 0.3 is 0 Å². The fourth-order valence-electron chi connectivity index (χ4n) is 5.66. The summed E-state index contributed by atoms with van der Waals surface area (Å²) in [5.74, 6) is 0.851. The van der Waals surface area contributed by atoms with E-state index in [1.165, 1.54) is 62.5 Å². The predicted octanol–water partition coefficient (Wildman–Crippen LogP) is 7.05. The van der Waals surface area contributed by atoms with Gasteiger partial charge in [0, 0.05) is 32.0 Å². The first kappa shape index (κ1) is 25.9. The van der Waals surface area contributed by atoms with E-state index in [9.17, 15) is 0 Å². The van der Waals surface area contributed by atoms with Gasteiger partial charge in [0.2, 0.25) is 0 Å². The van der Waals surface area contributed by atoms with Crippen LogP contribution < -0.4 is 0 Å². The highest BCUT2D eigenvalue weighted by Crippen LogP contribution is 2.37. The van der Waals surface area contributed by atoms with Gasteiger partial charge in [-0.05, 0) is 49.7 Å². The van der Waals surface area contributed by atoms with Crippen LogP contribution in [-0.4, -0.2) is 49.9 Å². The first-order valence-electron chi connectivity index (χ1n) is 13.9. The second-order valence-corrected chi connectivity index (χ2v) is 10.4. The van der Waals surface area contributed by atoms with Gasteiger partial charge in [0.1, 0.15) is 0 Å². The van der Waals surface area contributed by atoms with Gasteiger partial charge < -0.3 is 14.4 Å². The monoisotopic (exact) mass is 476 g/mol. The second kappa shape index (κ2) is 13.8. The highest BCUT2D eigenvalue weighted by molar-refractivity contribution is 5.55. The molecule has 2 saturated heterocycles. The Morgan fingerprint density at radius 3 is 1.97 bits per heavy atom. The Morgan fingerprint density at radius 1 is 0.829 bits per heavy atom. The number of hydrogen-bond donors (Lipinski definition) is 0. The maximum absolute atomic E-state index is 5.68. The molecule has 35 heavy (non-hydrogen) atoms. The summed E-state index contributed by atoms with van der Waals surface area (Å²) in [6.45, 7) is 6.74. The minimum atomic E-state index is -0.312. The summed E-state index contributed by atoms with van der Waals surface area (Å²) in [7, 11) is 0. The second-order valence-electron chi connectivity index (χ2n) is 10.4. The Kier molecular flexibility index (Phi) is 10.2. The first-order valence-corrected chi connectivity index (χ1v) is 13.9. The molecule has 4 heteroatoms. The van der Waals surface area contributed by atoms with E-state index in [1.54, 1.807) is 0 Å². The summed E-state index contributed by atoms with van der Waals surface area (Å²) in [6.07, 6.45) is 13.1. The van der Waals surface area contributed by atoms with Crippen LogP contribution in [0, 0.1) is 5.92 Å². The van der Waals surface area contributed by atoms with Crippen molar-refractivity contribution in [2.75, 3.05) is 32.8 Å². The largest absolute Gasteiger partial charge is 0.363 e. The molecule has 0 spiro atoms. The van der Waals surface area contributed by atoms with E-state index in [-0.39, 0.29) is 5.79 Å². The van der Waals surface area contributed by atoms with Gasteiger partial charge in [-0.3, -0.25) is 4.99 Å². The molecular weight excluding hydrogens is 432 g/mol. The van der Waals surface area contributed by atoms with Crippen LogP contribution in [0.5, 0.6) is 0 Å². The maximum atomic E-state index is 5.68. The standard InChI is InChI=1S/C31H44N2O2/c1-31(34-24-25-35-31)20-12-4-2-3-5-13-21-32-26-33-22-18-29(19-23-33)30(27-14-8-6-9-15-27)28-16-10-7-11-17-28/h6-11,14-17,26,29-30H,2-5,12-13,18-25H2,1H3/b32-26+. The molecule has 4 rings (SSSR count). The number of likely N-dealkylation sites (tertiary alicyclic amines) is 1. The van der Waals surface area contributed by atoms with Crippen LogP contribution in [0.3, 0.4) is 0 Å². The summed E-state index contributed by atoms with van der Waals surface area (Å²) in [4.78, 5) is 7.17. The SMILES string of the molecule is CC1(CCCCCCCC/N=C/N2CCC(C(c3ccccc3)c3ccccc3)CC2)OCCO1. The molecule has 2 fully saturated rings. The number of unbranched alkanes of at least 4 members (excludes halogenated alkanes) is 5. The van der Waals surface area contributed by atoms with Gasteiger partial charge in [0.25, 0.3) is 0 Å². The van der Waals surface area contributed by atoms with Crippen LogP contribution in [0.1, 0.15) is 81.8 Å². The molecule has 0 aliphatic carbocycles. The summed E-state index contributed by atoms with van der Waals surface area (Å²) in [6, 6.07) is 22.1. The Hall–Kier alpha value is -2.17. The average Bonchev–Trinajstić information content (AvgIpc) is 3.34. The number of rotatable bonds is 13. The molecular formula is C31H44N2O2. The fourth-order valence-corrected chi connectivity index (χ4v) is 5.66. The van der Waals surface area contributed by atoms with E-state index in [2.05, 4.69) is 78.8 Å². The van der Waals surface area contributed by atoms with Gasteiger partial charge in [0.05, 0.1) is 19.6 Å². The minimum Gasteiger partial charge on any atom is -0.363 e. The molecule has 0 aromatic heterocycles. The molecule has 0 amide bonds. The zero-order valence-corrected chi connectivity index (χ0v) is 21.6. The lowest BCUT2D eigenvalue weighted by molar-refractivity contribution is -0.147. The van der Waals surface area contributed by atoms with Crippen LogP contribution in [0.2, 0.25) is 0 Å². The van der Waals surface area contributed by atoms with Crippen LogP contribution in [0.4, 0.5) is 0 Å². The van der Waals surface area contributed by atoms with Gasteiger partial charge in [-0.25, -0.2) is 0 Å². The third-order valence-electron chi connectivity index (χ3n) is 7.67. The summed E-state index contributed by atoms with van der Waals surface area (Å²) in [5.41, 5.74) is 2.89. The van der Waals surface area contributed by atoms with Gasteiger partial charge in [-0.1, -0.05) is 86.3 Å². The van der Waals surface area contributed by atoms with Crippen molar-refractivity contribution in [3.05, 3.63) is 71.8 Å². The van der Waals surface area contributed by atoms with Crippen LogP contribution in [0.25, 0.3) is 0 Å². The summed E-state index contributed by atoms with van der Waals surface area (Å²) < 4.78 is 11.4. The van der Waals surface area contributed by atoms with Crippen molar-refractivity contribution < 1.29 is 9.47 Å². The van der Waals surface area contributed by atoms with Crippen LogP contribution in [-0.2, 0) is 9.47 Å². The number of nitrogens with zero attached hydrogens (tertiary/aromatic N) is 2. The highest BCUT2D eigenvalue weighted by atomic mass is 16.7. The topological polar surface area (TPSA) is 34.1 Å². The quantitative estimate of drug-likeness (QED) is 0.176. The Balaban J connectivity index is 1.11. The van der Waals surface area contributed by atoms with Crippen molar-refractivity contribution in [3.8, 4) is 0 Å².